The van der Waals surface area contributed by atoms with Gasteiger partial charge < -0.3 is 14.9 Å². The van der Waals surface area contributed by atoms with Crippen LogP contribution in [-0.4, -0.2) is 72.5 Å². The normalized spacial score (nSPS) is 30.4. The van der Waals surface area contributed by atoms with Gasteiger partial charge in [0.1, 0.15) is 6.04 Å². The molecule has 108 valence electrons. The number of likely N-dealkylation sites (tertiary alicyclic amines) is 1. The Morgan fingerprint density at radius 2 is 1.74 bits per heavy atom. The highest BCUT2D eigenvalue weighted by Gasteiger charge is 2.41. The molecule has 0 radical (unpaired) electrons. The highest BCUT2D eigenvalue weighted by molar-refractivity contribution is 7.91. The minimum absolute atomic E-state index is 0.0418. The fourth-order valence-corrected chi connectivity index (χ4v) is 3.82. The lowest BCUT2D eigenvalue weighted by Crippen LogP contribution is -2.53. The molecule has 0 aliphatic carbocycles. The molecule has 8 heteroatoms. The Morgan fingerprint density at radius 1 is 1.16 bits per heavy atom. The molecule has 19 heavy (non-hydrogen) atoms. The molecule has 2 unspecified atom stereocenters. The van der Waals surface area contributed by atoms with E-state index >= 15 is 0 Å². The predicted molar refractivity (Wildman–Crippen MR) is 67.5 cm³/mol. The fraction of sp³-hybridized carbons (Fsp3) is 0.818. The number of carboxylic acids is 1. The van der Waals surface area contributed by atoms with E-state index in [0.717, 1.165) is 0 Å². The Hall–Kier alpha value is -1.31. The first-order chi connectivity index (χ1) is 8.82. The summed E-state index contributed by atoms with van der Waals surface area (Å²) in [5.74, 6) is -1.15. The Bertz CT molecular complexity index is 475. The van der Waals surface area contributed by atoms with Gasteiger partial charge in [0.25, 0.3) is 0 Å². The second-order valence-electron chi connectivity index (χ2n) is 5.16. The number of carbonyl (C=O) groups is 2. The Morgan fingerprint density at radius 3 is 2.26 bits per heavy atom. The van der Waals surface area contributed by atoms with Crippen LogP contribution in [0.1, 0.15) is 13.3 Å². The van der Waals surface area contributed by atoms with Crippen LogP contribution in [0.15, 0.2) is 0 Å². The molecular weight excluding hydrogens is 272 g/mol. The molecule has 1 N–H and O–H groups in total. The summed E-state index contributed by atoms with van der Waals surface area (Å²) >= 11 is 0. The van der Waals surface area contributed by atoms with E-state index in [-0.39, 0.29) is 36.5 Å². The van der Waals surface area contributed by atoms with E-state index in [2.05, 4.69) is 0 Å². The van der Waals surface area contributed by atoms with Crippen LogP contribution in [0.4, 0.5) is 4.79 Å². The van der Waals surface area contributed by atoms with Crippen molar-refractivity contribution < 1.29 is 23.1 Å². The van der Waals surface area contributed by atoms with Crippen molar-refractivity contribution >= 4 is 21.8 Å². The number of urea groups is 1. The zero-order chi connectivity index (χ0) is 14.2. The van der Waals surface area contributed by atoms with Gasteiger partial charge in [-0.15, -0.1) is 0 Å². The smallest absolute Gasteiger partial charge is 0.326 e. The molecule has 2 aliphatic rings. The molecule has 2 rings (SSSR count). The highest BCUT2D eigenvalue weighted by atomic mass is 32.2. The van der Waals surface area contributed by atoms with E-state index in [1.54, 1.807) is 0 Å². The van der Waals surface area contributed by atoms with Gasteiger partial charge >= 0.3 is 12.0 Å². The molecule has 0 aromatic heterocycles. The van der Waals surface area contributed by atoms with Crippen LogP contribution >= 0.6 is 0 Å². The monoisotopic (exact) mass is 290 g/mol. The van der Waals surface area contributed by atoms with Crippen molar-refractivity contribution in [2.24, 2.45) is 5.92 Å². The van der Waals surface area contributed by atoms with E-state index in [1.165, 1.54) is 9.80 Å². The summed E-state index contributed by atoms with van der Waals surface area (Å²) < 4.78 is 22.6. The molecule has 0 spiro atoms. The molecular formula is C11H18N2O5S. The van der Waals surface area contributed by atoms with Gasteiger partial charge in [-0.2, -0.15) is 0 Å². The number of hydrogen-bond donors (Lipinski definition) is 1. The van der Waals surface area contributed by atoms with Crippen LogP contribution in [0, 0.1) is 5.92 Å². The topological polar surface area (TPSA) is 95.0 Å². The van der Waals surface area contributed by atoms with Gasteiger partial charge in [-0.05, 0) is 12.3 Å². The maximum absolute atomic E-state index is 12.3. The summed E-state index contributed by atoms with van der Waals surface area (Å²) in [6, 6.07) is -1.15. The standard InChI is InChI=1S/C11H18N2O5S/c1-8-2-3-13(9(8)10(14)15)11(16)12-4-6-19(17,18)7-5-12/h8-9H,2-7H2,1H3,(H,14,15). The Balaban J connectivity index is 2.06. The molecule has 2 heterocycles. The van der Waals surface area contributed by atoms with Crippen molar-refractivity contribution in [1.82, 2.24) is 9.80 Å². The second kappa shape index (κ2) is 4.99. The molecule has 7 nitrogen and oxygen atoms in total. The van der Waals surface area contributed by atoms with E-state index in [9.17, 15) is 23.1 Å². The van der Waals surface area contributed by atoms with Gasteiger partial charge in [0, 0.05) is 19.6 Å². The lowest BCUT2D eigenvalue weighted by atomic mass is 10.0. The zero-order valence-corrected chi connectivity index (χ0v) is 11.6. The third-order valence-electron chi connectivity index (χ3n) is 3.81. The lowest BCUT2D eigenvalue weighted by molar-refractivity contribution is -0.142. The number of carboxylic acid groups (broad SMARTS) is 1. The van der Waals surface area contributed by atoms with Crippen molar-refractivity contribution in [1.29, 1.82) is 0 Å². The summed E-state index contributed by atoms with van der Waals surface area (Å²) in [4.78, 5) is 26.3. The number of aliphatic carboxylic acids is 1. The van der Waals surface area contributed by atoms with Crippen LogP contribution in [0.5, 0.6) is 0 Å². The van der Waals surface area contributed by atoms with Crippen molar-refractivity contribution in [3.8, 4) is 0 Å². The minimum atomic E-state index is -3.04. The van der Waals surface area contributed by atoms with Crippen LogP contribution in [-0.2, 0) is 14.6 Å². The largest absolute Gasteiger partial charge is 0.480 e. The first-order valence-corrected chi connectivity index (χ1v) is 8.13. The number of rotatable bonds is 1. The van der Waals surface area contributed by atoms with Gasteiger partial charge in [0.05, 0.1) is 11.5 Å². The van der Waals surface area contributed by atoms with Gasteiger partial charge in [-0.1, -0.05) is 6.92 Å². The average Bonchev–Trinajstić information content (AvgIpc) is 2.70. The van der Waals surface area contributed by atoms with Gasteiger partial charge in [0.15, 0.2) is 9.84 Å². The molecule has 2 fully saturated rings. The average molecular weight is 290 g/mol. The number of carbonyl (C=O) groups excluding carboxylic acids is 1. The van der Waals surface area contributed by atoms with Crippen LogP contribution < -0.4 is 0 Å². The van der Waals surface area contributed by atoms with Crippen molar-refractivity contribution in [2.45, 2.75) is 19.4 Å². The third kappa shape index (κ3) is 2.83. The molecule has 0 aromatic carbocycles. The van der Waals surface area contributed by atoms with E-state index in [1.807, 2.05) is 6.92 Å². The van der Waals surface area contributed by atoms with Crippen molar-refractivity contribution in [2.75, 3.05) is 31.1 Å². The molecule has 2 aliphatic heterocycles. The molecule has 2 amide bonds. The van der Waals surface area contributed by atoms with Crippen LogP contribution in [0.2, 0.25) is 0 Å². The van der Waals surface area contributed by atoms with Gasteiger partial charge in [0.2, 0.25) is 0 Å². The molecule has 2 atom stereocenters. The molecule has 0 bridgehead atoms. The molecule has 2 saturated heterocycles. The fourth-order valence-electron chi connectivity index (χ4n) is 2.62. The van der Waals surface area contributed by atoms with Gasteiger partial charge in [-0.3, -0.25) is 0 Å². The third-order valence-corrected chi connectivity index (χ3v) is 5.42. The number of amides is 2. The van der Waals surface area contributed by atoms with Crippen molar-refractivity contribution in [3.63, 3.8) is 0 Å². The first-order valence-electron chi connectivity index (χ1n) is 6.30. The maximum Gasteiger partial charge on any atom is 0.326 e. The predicted octanol–water partition coefficient (Wildman–Crippen LogP) is -0.368. The quantitative estimate of drug-likeness (QED) is 0.711. The van der Waals surface area contributed by atoms with E-state index < -0.39 is 21.8 Å². The summed E-state index contributed by atoms with van der Waals surface area (Å²) in [5.41, 5.74) is 0. The lowest BCUT2D eigenvalue weighted by Gasteiger charge is -2.33. The first kappa shape index (κ1) is 14.1. The molecule has 0 aromatic rings. The summed E-state index contributed by atoms with van der Waals surface area (Å²) in [6.45, 7) is 2.53. The zero-order valence-electron chi connectivity index (χ0n) is 10.8. The second-order valence-corrected chi connectivity index (χ2v) is 7.47. The van der Waals surface area contributed by atoms with Crippen LogP contribution in [0.25, 0.3) is 0 Å². The SMILES string of the molecule is CC1CCN(C(=O)N2CCS(=O)(=O)CC2)C1C(=O)O. The summed E-state index contributed by atoms with van der Waals surface area (Å²) in [5, 5.41) is 9.18. The molecule has 0 saturated carbocycles. The summed E-state index contributed by atoms with van der Waals surface area (Å²) in [7, 11) is -3.04. The highest BCUT2D eigenvalue weighted by Crippen LogP contribution is 2.25. The number of nitrogens with zero attached hydrogens (tertiary/aromatic N) is 2. The Labute approximate surface area is 112 Å². The van der Waals surface area contributed by atoms with E-state index in [4.69, 9.17) is 0 Å². The number of sulfone groups is 1. The van der Waals surface area contributed by atoms with E-state index in [0.29, 0.717) is 13.0 Å². The Kier molecular flexibility index (Phi) is 3.71. The van der Waals surface area contributed by atoms with Crippen LogP contribution in [0.3, 0.4) is 0 Å². The van der Waals surface area contributed by atoms with Gasteiger partial charge in [-0.25, -0.2) is 18.0 Å². The number of hydrogen-bond acceptors (Lipinski definition) is 4. The minimum Gasteiger partial charge on any atom is -0.480 e. The van der Waals surface area contributed by atoms with Crippen molar-refractivity contribution in [3.05, 3.63) is 0 Å². The summed E-state index contributed by atoms with van der Waals surface area (Å²) in [6.07, 6.45) is 0.662. The maximum atomic E-state index is 12.3.